The van der Waals surface area contributed by atoms with Gasteiger partial charge in [-0.05, 0) is 55.5 Å². The molecular formula is C26H24N2O5. The van der Waals surface area contributed by atoms with E-state index in [9.17, 15) is 14.4 Å². The van der Waals surface area contributed by atoms with Crippen LogP contribution in [-0.4, -0.2) is 36.2 Å². The number of imide groups is 1. The van der Waals surface area contributed by atoms with Gasteiger partial charge < -0.3 is 9.47 Å². The van der Waals surface area contributed by atoms with E-state index in [1.54, 1.807) is 6.92 Å². The number of hydrogen-bond acceptors (Lipinski definition) is 6. The number of pyridine rings is 1. The standard InChI is InChI=1S/C26H24N2O5/c1-3-32-26(31)28-22(29)15-33-25(30)23-19-6-4-5-7-21(19)27-24-18(12-13-20(23)24)14-17-10-8-16(2)9-11-17/h4-11,14H,3,12-13,15H2,1-2H3,(H,28,29,31). The largest absolute Gasteiger partial charge is 0.452 e. The molecule has 7 nitrogen and oxygen atoms in total. The van der Waals surface area contributed by atoms with Crippen LogP contribution in [0, 0.1) is 6.92 Å². The molecule has 7 heteroatoms. The molecule has 168 valence electrons. The van der Waals surface area contributed by atoms with Crippen LogP contribution in [0.3, 0.4) is 0 Å². The van der Waals surface area contributed by atoms with Crippen LogP contribution in [0.1, 0.15) is 46.1 Å². The minimum absolute atomic E-state index is 0.131. The second-order valence-electron chi connectivity index (χ2n) is 7.76. The van der Waals surface area contributed by atoms with Gasteiger partial charge in [-0.15, -0.1) is 0 Å². The van der Waals surface area contributed by atoms with Gasteiger partial charge in [0.05, 0.1) is 23.4 Å². The number of alkyl carbamates (subject to hydrolysis) is 1. The molecule has 1 aliphatic carbocycles. The van der Waals surface area contributed by atoms with Crippen molar-refractivity contribution in [1.29, 1.82) is 0 Å². The zero-order valence-electron chi connectivity index (χ0n) is 18.5. The highest BCUT2D eigenvalue weighted by Gasteiger charge is 2.28. The SMILES string of the molecule is CCOC(=O)NC(=O)COC(=O)c1c2c(nc3ccccc13)C(=Cc1ccc(C)cc1)CC2. The van der Waals surface area contributed by atoms with Crippen molar-refractivity contribution < 1.29 is 23.9 Å². The Morgan fingerprint density at radius 1 is 1.03 bits per heavy atom. The van der Waals surface area contributed by atoms with Crippen molar-refractivity contribution >= 4 is 40.5 Å². The molecule has 1 heterocycles. The van der Waals surface area contributed by atoms with Crippen LogP contribution in [0.4, 0.5) is 4.79 Å². The Morgan fingerprint density at radius 3 is 2.55 bits per heavy atom. The number of rotatable bonds is 5. The first-order valence-electron chi connectivity index (χ1n) is 10.8. The van der Waals surface area contributed by atoms with Crippen LogP contribution in [0.25, 0.3) is 22.6 Å². The molecule has 0 unspecified atom stereocenters. The van der Waals surface area contributed by atoms with Crippen molar-refractivity contribution in [2.24, 2.45) is 0 Å². The highest BCUT2D eigenvalue weighted by molar-refractivity contribution is 6.07. The molecule has 2 amide bonds. The van der Waals surface area contributed by atoms with Gasteiger partial charge in [-0.25, -0.2) is 14.6 Å². The number of carbonyl (C=O) groups is 3. The fourth-order valence-corrected chi connectivity index (χ4v) is 3.90. The Bertz CT molecular complexity index is 1260. The lowest BCUT2D eigenvalue weighted by atomic mass is 10.0. The Labute approximate surface area is 191 Å². The topological polar surface area (TPSA) is 94.6 Å². The van der Waals surface area contributed by atoms with Crippen LogP contribution in [0.5, 0.6) is 0 Å². The Hall–Kier alpha value is -4.00. The minimum Gasteiger partial charge on any atom is -0.452 e. The molecule has 0 saturated carbocycles. The summed E-state index contributed by atoms with van der Waals surface area (Å²) in [6.07, 6.45) is 2.61. The third-order valence-corrected chi connectivity index (χ3v) is 5.42. The highest BCUT2D eigenvalue weighted by atomic mass is 16.6. The predicted molar refractivity (Wildman–Crippen MR) is 125 cm³/mol. The summed E-state index contributed by atoms with van der Waals surface area (Å²) in [5.74, 6) is -1.38. The molecular weight excluding hydrogens is 420 g/mol. The monoisotopic (exact) mass is 444 g/mol. The quantitative estimate of drug-likeness (QED) is 0.584. The molecule has 1 N–H and O–H groups in total. The minimum atomic E-state index is -0.875. The van der Waals surface area contributed by atoms with Gasteiger partial charge in [-0.2, -0.15) is 0 Å². The number of ether oxygens (including phenoxy) is 2. The summed E-state index contributed by atoms with van der Waals surface area (Å²) in [7, 11) is 0. The molecule has 0 atom stereocenters. The first-order chi connectivity index (χ1) is 16.0. The first kappa shape index (κ1) is 22.2. The number of allylic oxidation sites excluding steroid dienone is 1. The van der Waals surface area contributed by atoms with E-state index in [2.05, 4.69) is 35.1 Å². The average Bonchev–Trinajstić information content (AvgIpc) is 3.19. The number of amides is 2. The van der Waals surface area contributed by atoms with Crippen molar-refractivity contribution in [1.82, 2.24) is 10.3 Å². The Balaban J connectivity index is 1.65. The average molecular weight is 444 g/mol. The number of hydrogen-bond donors (Lipinski definition) is 1. The van der Waals surface area contributed by atoms with E-state index in [1.807, 2.05) is 36.5 Å². The summed E-state index contributed by atoms with van der Waals surface area (Å²) in [4.78, 5) is 41.2. The molecule has 4 rings (SSSR count). The molecule has 0 bridgehead atoms. The predicted octanol–water partition coefficient (Wildman–Crippen LogP) is 4.46. The lowest BCUT2D eigenvalue weighted by Gasteiger charge is -2.12. The van der Waals surface area contributed by atoms with Gasteiger partial charge in [-0.1, -0.05) is 48.0 Å². The number of aromatic nitrogens is 1. The maximum Gasteiger partial charge on any atom is 0.413 e. The lowest BCUT2D eigenvalue weighted by molar-refractivity contribution is -0.123. The van der Waals surface area contributed by atoms with Gasteiger partial charge in [-0.3, -0.25) is 10.1 Å². The van der Waals surface area contributed by atoms with E-state index < -0.39 is 24.6 Å². The normalized spacial score (nSPS) is 13.6. The van der Waals surface area contributed by atoms with Crippen molar-refractivity contribution in [3.63, 3.8) is 0 Å². The van der Waals surface area contributed by atoms with Gasteiger partial charge >= 0.3 is 12.1 Å². The molecule has 0 saturated heterocycles. The summed E-state index contributed by atoms with van der Waals surface area (Å²) in [5.41, 5.74) is 5.97. The van der Waals surface area contributed by atoms with Gasteiger partial charge in [0.15, 0.2) is 6.61 Å². The van der Waals surface area contributed by atoms with Gasteiger partial charge in [0.25, 0.3) is 5.91 Å². The summed E-state index contributed by atoms with van der Waals surface area (Å²) >= 11 is 0. The summed E-state index contributed by atoms with van der Waals surface area (Å²) in [6, 6.07) is 15.6. The molecule has 0 spiro atoms. The zero-order valence-corrected chi connectivity index (χ0v) is 18.5. The van der Waals surface area contributed by atoms with Crippen LogP contribution in [-0.2, 0) is 20.7 Å². The molecule has 3 aromatic rings. The Kier molecular flexibility index (Phi) is 6.49. The summed E-state index contributed by atoms with van der Waals surface area (Å²) < 4.78 is 9.93. The van der Waals surface area contributed by atoms with E-state index in [0.29, 0.717) is 22.9 Å². The number of aryl methyl sites for hydroxylation is 1. The van der Waals surface area contributed by atoms with Crippen LogP contribution < -0.4 is 5.32 Å². The smallest absolute Gasteiger partial charge is 0.413 e. The molecule has 33 heavy (non-hydrogen) atoms. The molecule has 0 fully saturated rings. The highest BCUT2D eigenvalue weighted by Crippen LogP contribution is 2.37. The Morgan fingerprint density at radius 2 is 1.79 bits per heavy atom. The summed E-state index contributed by atoms with van der Waals surface area (Å²) in [6.45, 7) is 3.21. The lowest BCUT2D eigenvalue weighted by Crippen LogP contribution is -2.34. The number of esters is 1. The van der Waals surface area contributed by atoms with Crippen molar-refractivity contribution in [2.75, 3.05) is 13.2 Å². The third-order valence-electron chi connectivity index (χ3n) is 5.42. The van der Waals surface area contributed by atoms with Gasteiger partial charge in [0.1, 0.15) is 0 Å². The maximum atomic E-state index is 13.1. The maximum absolute atomic E-state index is 13.1. The number of nitrogens with one attached hydrogen (secondary N) is 1. The van der Waals surface area contributed by atoms with E-state index >= 15 is 0 Å². The number of benzene rings is 2. The summed E-state index contributed by atoms with van der Waals surface area (Å²) in [5, 5.41) is 2.69. The molecule has 0 radical (unpaired) electrons. The van der Waals surface area contributed by atoms with Crippen LogP contribution in [0.2, 0.25) is 0 Å². The fourth-order valence-electron chi connectivity index (χ4n) is 3.90. The molecule has 1 aliphatic rings. The first-order valence-corrected chi connectivity index (χ1v) is 10.8. The van der Waals surface area contributed by atoms with Crippen molar-refractivity contribution in [2.45, 2.75) is 26.7 Å². The van der Waals surface area contributed by atoms with E-state index in [-0.39, 0.29) is 6.61 Å². The number of para-hydroxylation sites is 1. The van der Waals surface area contributed by atoms with Gasteiger partial charge in [0.2, 0.25) is 0 Å². The number of carbonyl (C=O) groups excluding carboxylic acids is 3. The van der Waals surface area contributed by atoms with Crippen molar-refractivity contribution in [3.8, 4) is 0 Å². The zero-order chi connectivity index (χ0) is 23.4. The van der Waals surface area contributed by atoms with Crippen LogP contribution >= 0.6 is 0 Å². The third kappa shape index (κ3) is 4.92. The van der Waals surface area contributed by atoms with E-state index in [4.69, 9.17) is 9.72 Å². The molecule has 0 aliphatic heterocycles. The van der Waals surface area contributed by atoms with E-state index in [0.717, 1.165) is 28.8 Å². The van der Waals surface area contributed by atoms with Crippen LogP contribution in [0.15, 0.2) is 48.5 Å². The molecule has 1 aromatic heterocycles. The number of nitrogens with zero attached hydrogens (tertiary/aromatic N) is 1. The second-order valence-corrected chi connectivity index (χ2v) is 7.76. The second kappa shape index (κ2) is 9.65. The number of fused-ring (bicyclic) bond motifs is 2. The van der Waals surface area contributed by atoms with Gasteiger partial charge in [0, 0.05) is 5.39 Å². The molecule has 2 aromatic carbocycles. The van der Waals surface area contributed by atoms with E-state index in [1.165, 1.54) is 5.56 Å². The van der Waals surface area contributed by atoms with Crippen molar-refractivity contribution in [3.05, 3.63) is 76.5 Å². The fraction of sp³-hybridized carbons (Fsp3) is 0.231.